The predicted octanol–water partition coefficient (Wildman–Crippen LogP) is 3.92. The van der Waals surface area contributed by atoms with Gasteiger partial charge in [-0.2, -0.15) is 0 Å². The van der Waals surface area contributed by atoms with Crippen LogP contribution in [0.1, 0.15) is 22.6 Å². The van der Waals surface area contributed by atoms with Gasteiger partial charge in [0.05, 0.1) is 12.1 Å². The second kappa shape index (κ2) is 7.57. The highest BCUT2D eigenvalue weighted by atomic mass is 32.1. The first-order valence-corrected chi connectivity index (χ1v) is 8.87. The predicted molar refractivity (Wildman–Crippen MR) is 100 cm³/mol. The van der Waals surface area contributed by atoms with Crippen molar-refractivity contribution in [1.82, 2.24) is 15.0 Å². The Morgan fingerprint density at radius 2 is 1.85 bits per heavy atom. The molecule has 0 saturated carbocycles. The smallest absolute Gasteiger partial charge is 0.230 e. The maximum absolute atomic E-state index is 13.5. The number of carbonyl (C=O) groups is 1. The maximum Gasteiger partial charge on any atom is 0.230 e. The van der Waals surface area contributed by atoms with Crippen molar-refractivity contribution in [1.29, 1.82) is 0 Å². The number of anilines is 3. The number of hydrogen-bond donors (Lipinski definition) is 2. The Labute approximate surface area is 154 Å². The minimum absolute atomic E-state index is 0.0986. The van der Waals surface area contributed by atoms with Crippen LogP contribution in [0.3, 0.4) is 0 Å². The average Bonchev–Trinajstić information content (AvgIpc) is 2.96. The number of amides is 1. The quantitative estimate of drug-likeness (QED) is 0.710. The highest BCUT2D eigenvalue weighted by Gasteiger charge is 2.10. The number of benzene rings is 1. The topological polar surface area (TPSA) is 79.8 Å². The number of halogens is 1. The van der Waals surface area contributed by atoms with Gasteiger partial charge in [-0.3, -0.25) is 4.79 Å². The Morgan fingerprint density at radius 1 is 1.12 bits per heavy atom. The Bertz CT molecular complexity index is 936. The molecule has 0 aliphatic carbocycles. The molecule has 2 aromatic heterocycles. The minimum Gasteiger partial charge on any atom is -0.326 e. The largest absolute Gasteiger partial charge is 0.326 e. The van der Waals surface area contributed by atoms with Crippen LogP contribution in [0.5, 0.6) is 0 Å². The monoisotopic (exact) mass is 371 g/mol. The zero-order chi connectivity index (χ0) is 18.7. The van der Waals surface area contributed by atoms with E-state index in [1.807, 2.05) is 19.9 Å². The van der Waals surface area contributed by atoms with Crippen molar-refractivity contribution in [3.63, 3.8) is 0 Å². The maximum atomic E-state index is 13.5. The van der Waals surface area contributed by atoms with E-state index in [4.69, 9.17) is 0 Å². The van der Waals surface area contributed by atoms with Gasteiger partial charge in [0.15, 0.2) is 5.13 Å². The van der Waals surface area contributed by atoms with Gasteiger partial charge in [-0.25, -0.2) is 19.3 Å². The molecule has 0 unspecified atom stereocenters. The third kappa shape index (κ3) is 4.60. The summed E-state index contributed by atoms with van der Waals surface area (Å²) in [5.41, 5.74) is 3.30. The number of aromatic nitrogens is 3. The molecule has 0 saturated heterocycles. The molecule has 0 radical (unpaired) electrons. The lowest BCUT2D eigenvalue weighted by molar-refractivity contribution is -0.115. The molecular formula is C18H18FN5OS. The normalized spacial score (nSPS) is 10.6. The van der Waals surface area contributed by atoms with Gasteiger partial charge in [-0.05, 0) is 44.5 Å². The molecule has 8 heteroatoms. The average molecular weight is 371 g/mol. The highest BCUT2D eigenvalue weighted by molar-refractivity contribution is 7.13. The summed E-state index contributed by atoms with van der Waals surface area (Å²) in [6.45, 7) is 5.46. The molecular weight excluding hydrogens is 353 g/mol. The van der Waals surface area contributed by atoms with Crippen LogP contribution >= 0.6 is 11.3 Å². The summed E-state index contributed by atoms with van der Waals surface area (Å²) >= 11 is 1.37. The van der Waals surface area contributed by atoms with Gasteiger partial charge in [0.25, 0.3) is 0 Å². The van der Waals surface area contributed by atoms with Crippen LogP contribution < -0.4 is 10.6 Å². The van der Waals surface area contributed by atoms with Crippen molar-refractivity contribution >= 4 is 34.0 Å². The second-order valence-electron chi connectivity index (χ2n) is 5.93. The molecule has 1 amide bonds. The molecule has 2 heterocycles. The van der Waals surface area contributed by atoms with E-state index in [0.29, 0.717) is 28.0 Å². The minimum atomic E-state index is -0.351. The molecule has 1 aromatic carbocycles. The zero-order valence-corrected chi connectivity index (χ0v) is 15.4. The van der Waals surface area contributed by atoms with E-state index in [2.05, 4.69) is 25.6 Å². The first-order valence-electron chi connectivity index (χ1n) is 7.99. The number of hydrogen-bond acceptors (Lipinski definition) is 6. The number of nitrogens with one attached hydrogen (secondary N) is 2. The van der Waals surface area contributed by atoms with Crippen molar-refractivity contribution in [2.24, 2.45) is 0 Å². The van der Waals surface area contributed by atoms with Gasteiger partial charge in [0.2, 0.25) is 11.9 Å². The number of nitrogens with zero attached hydrogens (tertiary/aromatic N) is 3. The van der Waals surface area contributed by atoms with Gasteiger partial charge < -0.3 is 10.6 Å². The molecule has 0 atom stereocenters. The van der Waals surface area contributed by atoms with Gasteiger partial charge in [-0.15, -0.1) is 11.3 Å². The molecule has 0 bridgehead atoms. The van der Waals surface area contributed by atoms with Gasteiger partial charge in [0.1, 0.15) is 5.82 Å². The van der Waals surface area contributed by atoms with E-state index < -0.39 is 0 Å². The van der Waals surface area contributed by atoms with E-state index in [-0.39, 0.29) is 18.1 Å². The fraction of sp³-hybridized carbons (Fsp3) is 0.222. The highest BCUT2D eigenvalue weighted by Crippen LogP contribution is 2.20. The molecule has 3 rings (SSSR count). The van der Waals surface area contributed by atoms with Gasteiger partial charge in [0, 0.05) is 22.5 Å². The summed E-state index contributed by atoms with van der Waals surface area (Å²) < 4.78 is 13.5. The molecule has 26 heavy (non-hydrogen) atoms. The molecule has 2 N–H and O–H groups in total. The van der Waals surface area contributed by atoms with E-state index in [1.165, 1.54) is 17.4 Å². The SMILES string of the molecule is Cc1cc(C)nc(Nc2nc(CC(=O)Nc3ccc(C)c(F)c3)cs2)n1. The van der Waals surface area contributed by atoms with Crippen LogP contribution in [-0.4, -0.2) is 20.9 Å². The van der Waals surface area contributed by atoms with Crippen LogP contribution in [0.15, 0.2) is 29.6 Å². The molecule has 0 fully saturated rings. The van der Waals surface area contributed by atoms with Crippen molar-refractivity contribution < 1.29 is 9.18 Å². The van der Waals surface area contributed by atoms with Crippen LogP contribution in [0.25, 0.3) is 0 Å². The van der Waals surface area contributed by atoms with E-state index in [9.17, 15) is 9.18 Å². The molecule has 0 aliphatic rings. The van der Waals surface area contributed by atoms with Crippen LogP contribution in [0, 0.1) is 26.6 Å². The fourth-order valence-electron chi connectivity index (χ4n) is 2.36. The van der Waals surface area contributed by atoms with Crippen molar-refractivity contribution in [2.45, 2.75) is 27.2 Å². The van der Waals surface area contributed by atoms with Crippen LogP contribution in [0.2, 0.25) is 0 Å². The van der Waals surface area contributed by atoms with Gasteiger partial charge >= 0.3 is 0 Å². The molecule has 0 spiro atoms. The third-order valence-corrected chi connectivity index (χ3v) is 4.36. The third-order valence-electron chi connectivity index (χ3n) is 3.55. The summed E-state index contributed by atoms with van der Waals surface area (Å²) in [5, 5.41) is 8.12. The molecule has 3 aromatic rings. The summed E-state index contributed by atoms with van der Waals surface area (Å²) in [5.74, 6) is -0.132. The summed E-state index contributed by atoms with van der Waals surface area (Å²) in [7, 11) is 0. The second-order valence-corrected chi connectivity index (χ2v) is 6.79. The summed E-state index contributed by atoms with van der Waals surface area (Å²) in [4.78, 5) is 25.1. The lowest BCUT2D eigenvalue weighted by atomic mass is 10.2. The van der Waals surface area contributed by atoms with Crippen molar-refractivity contribution in [3.8, 4) is 0 Å². The van der Waals surface area contributed by atoms with Crippen LogP contribution in [-0.2, 0) is 11.2 Å². The summed E-state index contributed by atoms with van der Waals surface area (Å²) in [6.07, 6.45) is 0.0986. The lowest BCUT2D eigenvalue weighted by Crippen LogP contribution is -2.14. The van der Waals surface area contributed by atoms with Crippen molar-refractivity contribution in [3.05, 3.63) is 58.1 Å². The Kier molecular flexibility index (Phi) is 5.22. The molecule has 6 nitrogen and oxygen atoms in total. The lowest BCUT2D eigenvalue weighted by Gasteiger charge is -2.05. The Hall–Kier alpha value is -2.87. The number of thiazole rings is 1. The van der Waals surface area contributed by atoms with Crippen molar-refractivity contribution in [2.75, 3.05) is 10.6 Å². The van der Waals surface area contributed by atoms with E-state index >= 15 is 0 Å². The number of carbonyl (C=O) groups excluding carboxylic acids is 1. The van der Waals surface area contributed by atoms with E-state index in [0.717, 1.165) is 11.4 Å². The first-order chi connectivity index (χ1) is 12.4. The van der Waals surface area contributed by atoms with Gasteiger partial charge in [-0.1, -0.05) is 6.07 Å². The Morgan fingerprint density at radius 3 is 2.54 bits per heavy atom. The Balaban J connectivity index is 1.62. The van der Waals surface area contributed by atoms with E-state index in [1.54, 1.807) is 24.4 Å². The van der Waals surface area contributed by atoms with Crippen LogP contribution in [0.4, 0.5) is 21.2 Å². The first kappa shape index (κ1) is 17.9. The molecule has 0 aliphatic heterocycles. The summed E-state index contributed by atoms with van der Waals surface area (Å²) in [6, 6.07) is 6.48. The number of rotatable bonds is 5. The fourth-order valence-corrected chi connectivity index (χ4v) is 3.07. The number of aryl methyl sites for hydroxylation is 3. The molecule has 134 valence electrons. The zero-order valence-electron chi connectivity index (χ0n) is 14.6. The standard InChI is InChI=1S/C18H18FN5OS/c1-10-4-5-13(7-15(10)19)22-16(25)8-14-9-26-18(23-14)24-17-20-11(2)6-12(3)21-17/h4-7,9H,8H2,1-3H3,(H,22,25)(H,20,21,23,24).